The molecule has 1 aromatic heterocycles. The summed E-state index contributed by atoms with van der Waals surface area (Å²) in [6.45, 7) is 0. The minimum Gasteiger partial charge on any atom is -0.266 e. The van der Waals surface area contributed by atoms with Crippen molar-refractivity contribution in [2.75, 3.05) is 0 Å². The summed E-state index contributed by atoms with van der Waals surface area (Å²) < 4.78 is 2.19. The van der Waals surface area contributed by atoms with E-state index < -0.39 is 0 Å². The highest BCUT2D eigenvalue weighted by Gasteiger charge is 2.45. The predicted octanol–water partition coefficient (Wildman–Crippen LogP) is 1.00. The highest BCUT2D eigenvalue weighted by molar-refractivity contribution is 5.15. The van der Waals surface area contributed by atoms with E-state index in [9.17, 15) is 0 Å². The second kappa shape index (κ2) is 1.06. The van der Waals surface area contributed by atoms with Crippen LogP contribution in [-0.2, 0) is 6.42 Å². The zero-order valence-electron chi connectivity index (χ0n) is 5.12. The number of hydrogen-bond acceptors (Lipinski definition) is 1. The summed E-state index contributed by atoms with van der Waals surface area (Å²) in [6.07, 6.45) is 4.57. The van der Waals surface area contributed by atoms with Gasteiger partial charge in [-0.1, -0.05) is 0 Å². The Morgan fingerprint density at radius 1 is 1.67 bits per heavy atom. The lowest BCUT2D eigenvalue weighted by molar-refractivity contribution is 0.645. The maximum absolute atomic E-state index is 4.24. The summed E-state index contributed by atoms with van der Waals surface area (Å²) in [7, 11) is 0. The van der Waals surface area contributed by atoms with Crippen LogP contribution < -0.4 is 0 Å². The van der Waals surface area contributed by atoms with E-state index in [1.807, 2.05) is 6.20 Å². The second-order valence-corrected chi connectivity index (χ2v) is 3.03. The third-order valence-corrected chi connectivity index (χ3v) is 2.42. The van der Waals surface area contributed by atoms with Crippen LogP contribution in [0.25, 0.3) is 0 Å². The van der Waals surface area contributed by atoms with Crippen molar-refractivity contribution in [3.63, 3.8) is 0 Å². The fraction of sp³-hybridized carbons (Fsp3) is 0.571. The average Bonchev–Trinajstić information content (AvgIpc) is 2.38. The van der Waals surface area contributed by atoms with Gasteiger partial charge in [-0.3, -0.25) is 4.68 Å². The first kappa shape index (κ1) is 4.09. The number of fused-ring (bicyclic) bond motifs is 3. The molecule has 9 heavy (non-hydrogen) atoms. The molecule has 2 heterocycles. The maximum Gasteiger partial charge on any atom is 0.0558 e. The number of nitrogens with zero attached hydrogens (tertiary/aromatic N) is 2. The zero-order chi connectivity index (χ0) is 5.84. The summed E-state index contributed by atoms with van der Waals surface area (Å²) >= 11 is 0. The van der Waals surface area contributed by atoms with E-state index in [0.29, 0.717) is 0 Å². The Balaban J connectivity index is 2.25. The molecule has 2 heteroatoms. The van der Waals surface area contributed by atoms with E-state index in [1.165, 1.54) is 18.5 Å². The molecule has 3 rings (SSSR count). The molecule has 1 aromatic rings. The summed E-state index contributed by atoms with van der Waals surface area (Å²) in [5.74, 6) is 0.966. The minimum atomic E-state index is 0.801. The summed E-state index contributed by atoms with van der Waals surface area (Å²) in [4.78, 5) is 0. The van der Waals surface area contributed by atoms with Crippen LogP contribution >= 0.6 is 0 Å². The quantitative estimate of drug-likeness (QED) is 0.499. The Kier molecular flexibility index (Phi) is 0.481. The molecule has 0 saturated heterocycles. The third-order valence-electron chi connectivity index (χ3n) is 2.42. The predicted molar refractivity (Wildman–Crippen MR) is 33.1 cm³/mol. The fourth-order valence-electron chi connectivity index (χ4n) is 1.82. The first-order valence-electron chi connectivity index (χ1n) is 3.47. The Hall–Kier alpha value is -0.790. The van der Waals surface area contributed by atoms with Gasteiger partial charge in [0.2, 0.25) is 0 Å². The standard InChI is InChI=1S/C7H8N2/c1-2-8-9-6(1)3-5-4-7(5)9/h1-2,5,7H,3-4H2. The van der Waals surface area contributed by atoms with Crippen molar-refractivity contribution < 1.29 is 0 Å². The van der Waals surface area contributed by atoms with Gasteiger partial charge in [-0.15, -0.1) is 0 Å². The molecule has 0 amide bonds. The lowest BCUT2D eigenvalue weighted by Gasteiger charge is -1.94. The lowest BCUT2D eigenvalue weighted by atomic mass is 10.2. The van der Waals surface area contributed by atoms with Crippen LogP contribution in [0, 0.1) is 5.92 Å². The van der Waals surface area contributed by atoms with Crippen molar-refractivity contribution in [3.05, 3.63) is 18.0 Å². The number of aromatic nitrogens is 2. The average molecular weight is 120 g/mol. The van der Waals surface area contributed by atoms with Crippen molar-refractivity contribution in [2.24, 2.45) is 5.92 Å². The summed E-state index contributed by atoms with van der Waals surface area (Å²) in [6, 6.07) is 2.93. The van der Waals surface area contributed by atoms with Gasteiger partial charge in [-0.25, -0.2) is 0 Å². The molecule has 1 aliphatic carbocycles. The largest absolute Gasteiger partial charge is 0.266 e. The van der Waals surface area contributed by atoms with Gasteiger partial charge in [0, 0.05) is 11.9 Å². The van der Waals surface area contributed by atoms with Crippen LogP contribution in [0.5, 0.6) is 0 Å². The maximum atomic E-state index is 4.24. The summed E-state index contributed by atoms with van der Waals surface area (Å²) in [5.41, 5.74) is 1.44. The molecule has 2 nitrogen and oxygen atoms in total. The molecule has 2 unspecified atom stereocenters. The van der Waals surface area contributed by atoms with Gasteiger partial charge >= 0.3 is 0 Å². The molecule has 1 fully saturated rings. The monoisotopic (exact) mass is 120 g/mol. The van der Waals surface area contributed by atoms with Gasteiger partial charge in [0.25, 0.3) is 0 Å². The van der Waals surface area contributed by atoms with Crippen molar-refractivity contribution in [3.8, 4) is 0 Å². The van der Waals surface area contributed by atoms with E-state index in [2.05, 4.69) is 15.8 Å². The number of hydrogen-bond donors (Lipinski definition) is 0. The second-order valence-electron chi connectivity index (χ2n) is 3.03. The van der Waals surface area contributed by atoms with E-state index in [0.717, 1.165) is 12.0 Å². The minimum absolute atomic E-state index is 0.801. The van der Waals surface area contributed by atoms with Crippen LogP contribution in [0.2, 0.25) is 0 Å². The van der Waals surface area contributed by atoms with Crippen LogP contribution in [-0.4, -0.2) is 9.78 Å². The molecule has 0 aromatic carbocycles. The van der Waals surface area contributed by atoms with Gasteiger partial charge in [0.05, 0.1) is 6.04 Å². The zero-order valence-corrected chi connectivity index (χ0v) is 5.12. The molecule has 0 N–H and O–H groups in total. The van der Waals surface area contributed by atoms with Gasteiger partial charge in [-0.2, -0.15) is 5.10 Å². The smallest absolute Gasteiger partial charge is 0.0558 e. The van der Waals surface area contributed by atoms with Gasteiger partial charge < -0.3 is 0 Å². The van der Waals surface area contributed by atoms with Crippen molar-refractivity contribution in [2.45, 2.75) is 18.9 Å². The lowest BCUT2D eigenvalue weighted by Crippen LogP contribution is -1.94. The van der Waals surface area contributed by atoms with Crippen molar-refractivity contribution >= 4 is 0 Å². The van der Waals surface area contributed by atoms with E-state index in [1.54, 1.807) is 0 Å². The molecule has 0 bridgehead atoms. The van der Waals surface area contributed by atoms with Crippen molar-refractivity contribution in [1.82, 2.24) is 9.78 Å². The highest BCUT2D eigenvalue weighted by atomic mass is 15.3. The fourth-order valence-corrected chi connectivity index (χ4v) is 1.82. The van der Waals surface area contributed by atoms with E-state index in [-0.39, 0.29) is 0 Å². The topological polar surface area (TPSA) is 17.8 Å². The van der Waals surface area contributed by atoms with Crippen LogP contribution in [0.4, 0.5) is 0 Å². The van der Waals surface area contributed by atoms with E-state index in [4.69, 9.17) is 0 Å². The Morgan fingerprint density at radius 3 is 3.56 bits per heavy atom. The Bertz CT molecular complexity index is 251. The van der Waals surface area contributed by atoms with Crippen LogP contribution in [0.15, 0.2) is 12.3 Å². The molecule has 0 radical (unpaired) electrons. The van der Waals surface area contributed by atoms with E-state index >= 15 is 0 Å². The molecular formula is C7H8N2. The third kappa shape index (κ3) is 0.363. The highest BCUT2D eigenvalue weighted by Crippen LogP contribution is 2.50. The van der Waals surface area contributed by atoms with Crippen LogP contribution in [0.1, 0.15) is 18.2 Å². The molecule has 1 saturated carbocycles. The molecule has 2 aliphatic rings. The molecule has 2 atom stereocenters. The molecule has 0 spiro atoms. The molecular weight excluding hydrogens is 112 g/mol. The molecule has 1 aliphatic heterocycles. The van der Waals surface area contributed by atoms with Gasteiger partial charge in [0.15, 0.2) is 0 Å². The number of rotatable bonds is 0. The molecule has 46 valence electrons. The first-order valence-corrected chi connectivity index (χ1v) is 3.47. The normalized spacial score (nSPS) is 36.0. The Morgan fingerprint density at radius 2 is 2.67 bits per heavy atom. The van der Waals surface area contributed by atoms with Crippen LogP contribution in [0.3, 0.4) is 0 Å². The first-order chi connectivity index (χ1) is 4.45. The SMILES string of the molecule is c1cc2n(n1)C1CC1C2. The van der Waals surface area contributed by atoms with Gasteiger partial charge in [0.1, 0.15) is 0 Å². The van der Waals surface area contributed by atoms with Gasteiger partial charge in [-0.05, 0) is 24.8 Å². The van der Waals surface area contributed by atoms with Crippen molar-refractivity contribution in [1.29, 1.82) is 0 Å². The summed E-state index contributed by atoms with van der Waals surface area (Å²) in [5, 5.41) is 4.24. The Labute approximate surface area is 53.5 Å².